The lowest BCUT2D eigenvalue weighted by Gasteiger charge is -2.24. The molecule has 5 heteroatoms. The first kappa shape index (κ1) is 25.2. The van der Waals surface area contributed by atoms with Crippen LogP contribution in [0.1, 0.15) is 80.1 Å². The van der Waals surface area contributed by atoms with Gasteiger partial charge in [0.2, 0.25) is 0 Å². The Balaban J connectivity index is 1.56. The first-order valence-corrected chi connectivity index (χ1v) is 12.6. The Morgan fingerprint density at radius 1 is 1.03 bits per heavy atom. The summed E-state index contributed by atoms with van der Waals surface area (Å²) < 4.78 is 13.3. The van der Waals surface area contributed by atoms with Gasteiger partial charge < -0.3 is 15.7 Å². The number of nitrogens with one attached hydrogen (secondary N) is 2. The maximum atomic E-state index is 13.3. The van der Waals surface area contributed by atoms with E-state index < -0.39 is 5.82 Å². The summed E-state index contributed by atoms with van der Waals surface area (Å²) >= 11 is 0. The van der Waals surface area contributed by atoms with Gasteiger partial charge in [0.05, 0.1) is 5.56 Å². The highest BCUT2D eigenvalue weighted by molar-refractivity contribution is 5.96. The van der Waals surface area contributed by atoms with Crippen molar-refractivity contribution < 1.29 is 14.3 Å². The van der Waals surface area contributed by atoms with Gasteiger partial charge in [0.15, 0.2) is 0 Å². The molecule has 4 nitrogen and oxygen atoms in total. The minimum atomic E-state index is -0.560. The number of benzene rings is 2. The average molecular weight is 455 g/mol. The maximum absolute atomic E-state index is 13.3. The predicted octanol–water partition coefficient (Wildman–Crippen LogP) is 5.99. The van der Waals surface area contributed by atoms with Gasteiger partial charge >= 0.3 is 0 Å². The van der Waals surface area contributed by atoms with Crippen molar-refractivity contribution in [2.45, 2.75) is 82.7 Å². The molecular weight excluding hydrogens is 415 g/mol. The van der Waals surface area contributed by atoms with Crippen molar-refractivity contribution in [1.82, 2.24) is 10.6 Å². The van der Waals surface area contributed by atoms with E-state index in [9.17, 15) is 14.3 Å². The highest BCUT2D eigenvalue weighted by Gasteiger charge is 2.20. The second-order valence-electron chi connectivity index (χ2n) is 9.52. The van der Waals surface area contributed by atoms with Gasteiger partial charge in [0, 0.05) is 18.2 Å². The molecule has 2 aromatic rings. The van der Waals surface area contributed by atoms with Gasteiger partial charge in [-0.15, -0.1) is 0 Å². The van der Waals surface area contributed by atoms with Crippen LogP contribution < -0.4 is 10.6 Å². The van der Waals surface area contributed by atoms with Crippen molar-refractivity contribution in [2.24, 2.45) is 5.92 Å². The number of aromatic hydroxyl groups is 1. The van der Waals surface area contributed by atoms with E-state index in [0.29, 0.717) is 12.5 Å². The number of carbonyl (C=O) groups is 1. The van der Waals surface area contributed by atoms with Crippen LogP contribution in [-0.2, 0) is 6.42 Å². The lowest BCUT2D eigenvalue weighted by atomic mass is 9.85. The highest BCUT2D eigenvalue weighted by Crippen LogP contribution is 2.28. The normalized spacial score (nSPS) is 16.3. The Morgan fingerprint density at radius 3 is 2.45 bits per heavy atom. The van der Waals surface area contributed by atoms with Gasteiger partial charge in [0.25, 0.3) is 5.91 Å². The molecule has 2 unspecified atom stereocenters. The molecule has 0 heterocycles. The van der Waals surface area contributed by atoms with Gasteiger partial charge in [-0.3, -0.25) is 4.79 Å². The third-order valence-electron chi connectivity index (χ3n) is 7.03. The fourth-order valence-corrected chi connectivity index (χ4v) is 5.05. The van der Waals surface area contributed by atoms with Gasteiger partial charge in [0.1, 0.15) is 11.6 Å². The molecule has 180 valence electrons. The third-order valence-corrected chi connectivity index (χ3v) is 7.03. The molecule has 1 aliphatic rings. The summed E-state index contributed by atoms with van der Waals surface area (Å²) in [5.41, 5.74) is 1.26. The molecule has 1 fully saturated rings. The Morgan fingerprint density at radius 2 is 1.76 bits per heavy atom. The smallest absolute Gasteiger partial charge is 0.255 e. The summed E-state index contributed by atoms with van der Waals surface area (Å²) in [5.74, 6) is -0.353. The zero-order valence-corrected chi connectivity index (χ0v) is 19.9. The molecule has 33 heavy (non-hydrogen) atoms. The first-order valence-electron chi connectivity index (χ1n) is 12.6. The Labute approximate surface area is 198 Å². The predicted molar refractivity (Wildman–Crippen MR) is 132 cm³/mol. The second kappa shape index (κ2) is 13.3. The second-order valence-corrected chi connectivity index (χ2v) is 9.52. The van der Waals surface area contributed by atoms with Gasteiger partial charge in [-0.2, -0.15) is 0 Å². The van der Waals surface area contributed by atoms with E-state index in [1.807, 2.05) is 25.2 Å². The number of hydrogen-bond acceptors (Lipinski definition) is 3. The van der Waals surface area contributed by atoms with Crippen LogP contribution in [0.2, 0.25) is 0 Å². The number of amides is 1. The molecule has 0 aromatic heterocycles. The summed E-state index contributed by atoms with van der Waals surface area (Å²) in [4.78, 5) is 12.8. The Kier molecular flexibility index (Phi) is 10.2. The van der Waals surface area contributed by atoms with E-state index in [1.54, 1.807) is 0 Å². The molecule has 0 saturated heterocycles. The average Bonchev–Trinajstić information content (AvgIpc) is 2.82. The zero-order valence-electron chi connectivity index (χ0n) is 19.9. The lowest BCUT2D eigenvalue weighted by molar-refractivity contribution is 0.0930. The summed E-state index contributed by atoms with van der Waals surface area (Å²) in [7, 11) is 2.02. The van der Waals surface area contributed by atoms with E-state index in [4.69, 9.17) is 0 Å². The van der Waals surface area contributed by atoms with Crippen LogP contribution in [0.5, 0.6) is 5.75 Å². The SMILES string of the molecule is CNC(CCCC1CCCCC1)CCC(Cc1ccccc1)NC(=O)c1ccc(F)cc1O. The largest absolute Gasteiger partial charge is 0.507 e. The van der Waals surface area contributed by atoms with Crippen molar-refractivity contribution in [3.63, 3.8) is 0 Å². The minimum absolute atomic E-state index is 0.0708. The Hall–Kier alpha value is -2.40. The number of phenolic OH excluding ortho intramolecular Hbond substituents is 1. The van der Waals surface area contributed by atoms with Crippen LogP contribution in [0.15, 0.2) is 48.5 Å². The molecule has 0 aliphatic heterocycles. The van der Waals surface area contributed by atoms with Crippen LogP contribution >= 0.6 is 0 Å². The number of phenols is 1. The number of hydrogen-bond donors (Lipinski definition) is 3. The Bertz CT molecular complexity index is 852. The third kappa shape index (κ3) is 8.47. The molecule has 1 saturated carbocycles. The van der Waals surface area contributed by atoms with Gasteiger partial charge in [-0.05, 0) is 56.3 Å². The van der Waals surface area contributed by atoms with E-state index >= 15 is 0 Å². The van der Waals surface area contributed by atoms with Crippen LogP contribution in [0.3, 0.4) is 0 Å². The first-order chi connectivity index (χ1) is 16.0. The molecule has 3 N–H and O–H groups in total. The fraction of sp³-hybridized carbons (Fsp3) is 0.536. The maximum Gasteiger partial charge on any atom is 0.255 e. The van der Waals surface area contributed by atoms with Crippen LogP contribution in [-0.4, -0.2) is 30.1 Å². The number of carbonyl (C=O) groups excluding carboxylic acids is 1. The molecule has 1 aliphatic carbocycles. The molecule has 0 spiro atoms. The van der Waals surface area contributed by atoms with Crippen LogP contribution in [0.4, 0.5) is 4.39 Å². The van der Waals surface area contributed by atoms with Gasteiger partial charge in [-0.25, -0.2) is 4.39 Å². The van der Waals surface area contributed by atoms with Crippen molar-refractivity contribution in [1.29, 1.82) is 0 Å². The summed E-state index contributed by atoms with van der Waals surface area (Å²) in [6.45, 7) is 0. The van der Waals surface area contributed by atoms with Crippen molar-refractivity contribution in [3.8, 4) is 5.75 Å². The van der Waals surface area contributed by atoms with Crippen molar-refractivity contribution >= 4 is 5.91 Å². The number of rotatable bonds is 12. The zero-order chi connectivity index (χ0) is 23.5. The van der Waals surface area contributed by atoms with Crippen molar-refractivity contribution in [2.75, 3.05) is 7.05 Å². The lowest BCUT2D eigenvalue weighted by Crippen LogP contribution is -2.38. The molecule has 2 atom stereocenters. The summed E-state index contributed by atoms with van der Waals surface area (Å²) in [5, 5.41) is 16.6. The molecule has 0 radical (unpaired) electrons. The minimum Gasteiger partial charge on any atom is -0.507 e. The monoisotopic (exact) mass is 454 g/mol. The fourth-order valence-electron chi connectivity index (χ4n) is 5.05. The number of halogens is 1. The summed E-state index contributed by atoms with van der Waals surface area (Å²) in [6.07, 6.45) is 13.2. The topological polar surface area (TPSA) is 61.4 Å². The molecule has 1 amide bonds. The molecule has 2 aromatic carbocycles. The van der Waals surface area contributed by atoms with E-state index in [1.165, 1.54) is 57.1 Å². The molecular formula is C28H39FN2O2. The van der Waals surface area contributed by atoms with Crippen molar-refractivity contribution in [3.05, 3.63) is 65.5 Å². The molecule has 0 bridgehead atoms. The van der Waals surface area contributed by atoms with E-state index in [-0.39, 0.29) is 23.3 Å². The van der Waals surface area contributed by atoms with E-state index in [2.05, 4.69) is 22.8 Å². The summed E-state index contributed by atoms with van der Waals surface area (Å²) in [6, 6.07) is 14.0. The van der Waals surface area contributed by atoms with Crippen LogP contribution in [0.25, 0.3) is 0 Å². The molecule has 3 rings (SSSR count). The standard InChI is InChI=1S/C28H39FN2O2/c1-30-24(14-8-13-21-9-4-2-5-10-21)16-17-25(19-22-11-6-3-7-12-22)31-28(33)26-18-15-23(29)20-27(26)32/h3,6-7,11-12,15,18,20-21,24-25,30,32H,2,4-5,8-10,13-14,16-17,19H2,1H3,(H,31,33). The van der Waals surface area contributed by atoms with Gasteiger partial charge in [-0.1, -0.05) is 75.3 Å². The quantitative estimate of drug-likeness (QED) is 0.369. The van der Waals surface area contributed by atoms with Crippen LogP contribution in [0, 0.1) is 11.7 Å². The highest BCUT2D eigenvalue weighted by atomic mass is 19.1. The van der Waals surface area contributed by atoms with E-state index in [0.717, 1.165) is 36.8 Å².